The van der Waals surface area contributed by atoms with E-state index < -0.39 is 12.0 Å². The first kappa shape index (κ1) is 34.6. The number of aryl methyl sites for hydroxylation is 1. The number of hydrogen-bond donors (Lipinski definition) is 2. The van der Waals surface area contributed by atoms with Crippen LogP contribution in [-0.4, -0.2) is 46.0 Å². The molecule has 222 valence electrons. The van der Waals surface area contributed by atoms with E-state index in [9.17, 15) is 14.7 Å². The number of aliphatic carboxylic acids is 1. The van der Waals surface area contributed by atoms with E-state index in [4.69, 9.17) is 16.0 Å². The Bertz CT molecular complexity index is 1530. The Kier molecular flexibility index (Phi) is 13.0. The van der Waals surface area contributed by atoms with Crippen LogP contribution in [0.25, 0.3) is 22.5 Å². The normalized spacial score (nSPS) is 11.8. The maximum absolute atomic E-state index is 13.4. The molecule has 3 aromatic carbocycles. The largest absolute Gasteiger partial charge is 1.00 e. The predicted octanol–water partition coefficient (Wildman–Crippen LogP) is 5.04. The van der Waals surface area contributed by atoms with Crippen LogP contribution >= 0.6 is 23.4 Å². The Hall–Kier alpha value is -2.92. The third-order valence-corrected chi connectivity index (χ3v) is 8.14. The van der Waals surface area contributed by atoms with E-state index >= 15 is 0 Å². The maximum atomic E-state index is 13.4. The standard InChI is InChI=1S/C34H37ClN2O4S.Li.H/c1-22(2)37(21-27-14-16-32(41-27)25-10-12-26(35)13-11-25)20-24-9-15-29(30(19-24)28-8-6-5-7-23(28)3)33(38)36-31(34(39)40)17-18-42-4;;/h5-16,19,22,31H,17-18,20-21H2,1-4H3,(H,36,38)(H,39,40);;/q;+1;-1. The molecule has 1 unspecified atom stereocenters. The van der Waals surface area contributed by atoms with Crippen molar-refractivity contribution in [2.24, 2.45) is 0 Å². The molecule has 4 rings (SSSR count). The quantitative estimate of drug-likeness (QED) is 0.206. The number of nitrogens with zero attached hydrogens (tertiary/aromatic N) is 1. The summed E-state index contributed by atoms with van der Waals surface area (Å²) in [6.07, 6.45) is 2.27. The minimum Gasteiger partial charge on any atom is -1.00 e. The first-order valence-electron chi connectivity index (χ1n) is 14.0. The van der Waals surface area contributed by atoms with Crippen LogP contribution in [0.5, 0.6) is 0 Å². The van der Waals surface area contributed by atoms with E-state index in [1.165, 1.54) is 0 Å². The predicted molar refractivity (Wildman–Crippen MR) is 173 cm³/mol. The first-order chi connectivity index (χ1) is 20.2. The van der Waals surface area contributed by atoms with Crippen molar-refractivity contribution in [1.29, 1.82) is 0 Å². The van der Waals surface area contributed by atoms with Gasteiger partial charge in [-0.1, -0.05) is 41.9 Å². The molecule has 1 heterocycles. The number of thioether (sulfide) groups is 1. The third-order valence-electron chi connectivity index (χ3n) is 7.24. The van der Waals surface area contributed by atoms with E-state index in [2.05, 4.69) is 24.1 Å². The molecule has 0 aliphatic heterocycles. The number of carboxylic acid groups (broad SMARTS) is 1. The van der Waals surface area contributed by atoms with Gasteiger partial charge in [0.1, 0.15) is 17.6 Å². The van der Waals surface area contributed by atoms with E-state index in [0.717, 1.165) is 39.3 Å². The minimum absolute atomic E-state index is 0. The molecule has 6 nitrogen and oxygen atoms in total. The van der Waals surface area contributed by atoms with Gasteiger partial charge in [0.15, 0.2) is 0 Å². The van der Waals surface area contributed by atoms with Crippen LogP contribution in [0.15, 0.2) is 83.3 Å². The molecule has 43 heavy (non-hydrogen) atoms. The van der Waals surface area contributed by atoms with Gasteiger partial charge in [-0.15, -0.1) is 0 Å². The van der Waals surface area contributed by atoms with Gasteiger partial charge in [-0.25, -0.2) is 4.79 Å². The summed E-state index contributed by atoms with van der Waals surface area (Å²) in [5.74, 6) is 0.868. The van der Waals surface area contributed by atoms with Gasteiger partial charge in [0.05, 0.1) is 6.54 Å². The summed E-state index contributed by atoms with van der Waals surface area (Å²) in [6, 6.07) is 24.6. The summed E-state index contributed by atoms with van der Waals surface area (Å²) in [6.45, 7) is 7.56. The van der Waals surface area contributed by atoms with Crippen molar-refractivity contribution < 1.29 is 39.4 Å². The van der Waals surface area contributed by atoms with Crippen molar-refractivity contribution >= 4 is 35.2 Å². The van der Waals surface area contributed by atoms with Gasteiger partial charge in [-0.05, 0) is 110 Å². The monoisotopic (exact) mass is 612 g/mol. The number of hydrogen-bond acceptors (Lipinski definition) is 5. The van der Waals surface area contributed by atoms with E-state index in [-0.39, 0.29) is 32.2 Å². The molecule has 1 aromatic heterocycles. The molecule has 9 heteroatoms. The van der Waals surface area contributed by atoms with E-state index in [1.807, 2.05) is 92.0 Å². The molecule has 0 saturated heterocycles. The number of carboxylic acids is 1. The van der Waals surface area contributed by atoms with Gasteiger partial charge in [0, 0.05) is 28.7 Å². The minimum atomic E-state index is -1.03. The number of rotatable bonds is 13. The Balaban J connectivity index is 0.00000337. The van der Waals surface area contributed by atoms with Crippen LogP contribution in [0, 0.1) is 6.92 Å². The van der Waals surface area contributed by atoms with Crippen LogP contribution in [0.3, 0.4) is 0 Å². The van der Waals surface area contributed by atoms with Gasteiger partial charge >= 0.3 is 24.8 Å². The second-order valence-corrected chi connectivity index (χ2v) is 12.0. The number of amides is 1. The van der Waals surface area contributed by atoms with Gasteiger partial charge in [-0.3, -0.25) is 9.69 Å². The summed E-state index contributed by atoms with van der Waals surface area (Å²) in [7, 11) is 0. The molecular formula is C34H38ClLiN2O4S. The van der Waals surface area contributed by atoms with Crippen LogP contribution in [-0.2, 0) is 17.9 Å². The van der Waals surface area contributed by atoms with Crippen molar-refractivity contribution in [1.82, 2.24) is 10.2 Å². The second kappa shape index (κ2) is 16.2. The molecule has 0 spiro atoms. The average Bonchev–Trinajstić information content (AvgIpc) is 3.43. The molecule has 1 atom stereocenters. The van der Waals surface area contributed by atoms with E-state index in [1.54, 1.807) is 11.8 Å². The first-order valence-corrected chi connectivity index (χ1v) is 15.7. The molecular weight excluding hydrogens is 575 g/mol. The molecule has 0 aliphatic rings. The van der Waals surface area contributed by atoms with Crippen LogP contribution in [0.2, 0.25) is 5.02 Å². The van der Waals surface area contributed by atoms with Crippen LogP contribution in [0.4, 0.5) is 0 Å². The van der Waals surface area contributed by atoms with E-state index in [0.29, 0.717) is 35.8 Å². The average molecular weight is 613 g/mol. The summed E-state index contributed by atoms with van der Waals surface area (Å²) >= 11 is 7.59. The smallest absolute Gasteiger partial charge is 1.00 e. The Labute approximate surface area is 276 Å². The number of nitrogens with one attached hydrogen (secondary N) is 1. The summed E-state index contributed by atoms with van der Waals surface area (Å²) in [5, 5.41) is 13.1. The Morgan fingerprint density at radius 1 is 1.00 bits per heavy atom. The van der Waals surface area contributed by atoms with Crippen molar-refractivity contribution in [3.8, 4) is 22.5 Å². The fourth-order valence-electron chi connectivity index (χ4n) is 4.80. The van der Waals surface area contributed by atoms with Crippen molar-refractivity contribution in [3.05, 3.63) is 106 Å². The second-order valence-electron chi connectivity index (χ2n) is 10.6. The number of carbonyl (C=O) groups is 2. The molecule has 0 bridgehead atoms. The zero-order valence-corrected chi connectivity index (χ0v) is 27.0. The fraction of sp³-hybridized carbons (Fsp3) is 0.294. The van der Waals surface area contributed by atoms with Gasteiger partial charge in [-0.2, -0.15) is 11.8 Å². The zero-order valence-electron chi connectivity index (χ0n) is 26.4. The topological polar surface area (TPSA) is 82.8 Å². The molecule has 0 saturated carbocycles. The number of halogens is 1. The van der Waals surface area contributed by atoms with Crippen LogP contribution < -0.4 is 24.2 Å². The Morgan fingerprint density at radius 2 is 1.72 bits per heavy atom. The number of carbonyl (C=O) groups excluding carboxylic acids is 1. The molecule has 1 amide bonds. The molecule has 2 N–H and O–H groups in total. The van der Waals surface area contributed by atoms with Crippen molar-refractivity contribution in [2.45, 2.75) is 52.4 Å². The maximum Gasteiger partial charge on any atom is 1.00 e. The number of benzene rings is 3. The summed E-state index contributed by atoms with van der Waals surface area (Å²) < 4.78 is 6.18. The molecule has 0 fully saturated rings. The Morgan fingerprint density at radius 3 is 2.37 bits per heavy atom. The summed E-state index contributed by atoms with van der Waals surface area (Å²) in [5.41, 5.74) is 5.22. The third kappa shape index (κ3) is 9.28. The molecule has 0 radical (unpaired) electrons. The fourth-order valence-corrected chi connectivity index (χ4v) is 5.40. The number of furan rings is 1. The van der Waals surface area contributed by atoms with Gasteiger partial charge in [0.25, 0.3) is 5.91 Å². The van der Waals surface area contributed by atoms with Gasteiger partial charge in [0.2, 0.25) is 0 Å². The van der Waals surface area contributed by atoms with Crippen LogP contribution in [0.1, 0.15) is 48.9 Å². The van der Waals surface area contributed by atoms with Crippen molar-refractivity contribution in [3.63, 3.8) is 0 Å². The van der Waals surface area contributed by atoms with Gasteiger partial charge < -0.3 is 16.3 Å². The summed E-state index contributed by atoms with van der Waals surface area (Å²) in [4.78, 5) is 27.6. The SMILES string of the molecule is CSCCC(NC(=O)c1ccc(CN(Cc2ccc(-c3ccc(Cl)cc3)o2)C(C)C)cc1-c1ccccc1C)C(=O)O.[H-].[Li+]. The zero-order chi connectivity index (χ0) is 30.2. The van der Waals surface area contributed by atoms with Crippen molar-refractivity contribution in [2.75, 3.05) is 12.0 Å². The molecule has 4 aromatic rings. The molecule has 0 aliphatic carbocycles.